The first-order chi connectivity index (χ1) is 8.28. The van der Waals surface area contributed by atoms with Gasteiger partial charge in [-0.05, 0) is 43.6 Å². The maximum Gasteiger partial charge on any atom is 0.238 e. The van der Waals surface area contributed by atoms with Gasteiger partial charge in [0.2, 0.25) is 5.91 Å². The van der Waals surface area contributed by atoms with E-state index in [2.05, 4.69) is 22.3 Å². The fourth-order valence-electron chi connectivity index (χ4n) is 2.10. The molecule has 92 valence electrons. The van der Waals surface area contributed by atoms with Crippen LogP contribution in [0.2, 0.25) is 0 Å². The van der Waals surface area contributed by atoms with Crippen molar-refractivity contribution in [2.75, 3.05) is 25.0 Å². The van der Waals surface area contributed by atoms with Crippen molar-refractivity contribution in [3.63, 3.8) is 0 Å². The minimum absolute atomic E-state index is 0.0233. The SMILES string of the molecule is NCC(=O)Nc1ccc(CN2CCCC2)cc1. The smallest absolute Gasteiger partial charge is 0.238 e. The lowest BCUT2D eigenvalue weighted by atomic mass is 10.2. The zero-order valence-corrected chi connectivity index (χ0v) is 9.98. The van der Waals surface area contributed by atoms with Crippen LogP contribution in [0.5, 0.6) is 0 Å². The Morgan fingerprint density at radius 2 is 1.88 bits per heavy atom. The van der Waals surface area contributed by atoms with Crippen LogP contribution in [0.15, 0.2) is 24.3 Å². The van der Waals surface area contributed by atoms with Gasteiger partial charge in [-0.3, -0.25) is 9.69 Å². The summed E-state index contributed by atoms with van der Waals surface area (Å²) in [5, 5.41) is 2.73. The minimum atomic E-state index is -0.155. The highest BCUT2D eigenvalue weighted by Gasteiger charge is 2.11. The van der Waals surface area contributed by atoms with Gasteiger partial charge in [-0.25, -0.2) is 0 Å². The molecule has 1 aliphatic heterocycles. The zero-order valence-electron chi connectivity index (χ0n) is 9.98. The number of nitrogens with one attached hydrogen (secondary N) is 1. The molecule has 1 fully saturated rings. The molecular weight excluding hydrogens is 214 g/mol. The van der Waals surface area contributed by atoms with Crippen molar-refractivity contribution in [1.29, 1.82) is 0 Å². The Balaban J connectivity index is 1.90. The molecule has 17 heavy (non-hydrogen) atoms. The summed E-state index contributed by atoms with van der Waals surface area (Å²) < 4.78 is 0. The molecule has 4 heteroatoms. The van der Waals surface area contributed by atoms with Gasteiger partial charge in [-0.1, -0.05) is 12.1 Å². The van der Waals surface area contributed by atoms with Crippen molar-refractivity contribution in [2.24, 2.45) is 5.73 Å². The van der Waals surface area contributed by atoms with E-state index in [9.17, 15) is 4.79 Å². The number of anilines is 1. The highest BCUT2D eigenvalue weighted by Crippen LogP contribution is 2.15. The maximum absolute atomic E-state index is 11.1. The number of carbonyl (C=O) groups excluding carboxylic acids is 1. The van der Waals surface area contributed by atoms with E-state index in [0.717, 1.165) is 12.2 Å². The Labute approximate surface area is 102 Å². The fourth-order valence-corrected chi connectivity index (χ4v) is 2.10. The standard InChI is InChI=1S/C13H19N3O/c14-9-13(17)15-12-5-3-11(4-6-12)10-16-7-1-2-8-16/h3-6H,1-2,7-10,14H2,(H,15,17). The Morgan fingerprint density at radius 3 is 2.47 bits per heavy atom. The summed E-state index contributed by atoms with van der Waals surface area (Å²) in [5.41, 5.74) is 7.34. The largest absolute Gasteiger partial charge is 0.325 e. The second kappa shape index (κ2) is 5.80. The van der Waals surface area contributed by atoms with Crippen molar-refractivity contribution < 1.29 is 4.79 Å². The van der Waals surface area contributed by atoms with Crippen LogP contribution in [0.3, 0.4) is 0 Å². The van der Waals surface area contributed by atoms with E-state index in [4.69, 9.17) is 5.73 Å². The first-order valence-electron chi connectivity index (χ1n) is 6.09. The molecule has 0 aliphatic carbocycles. The second-order valence-electron chi connectivity index (χ2n) is 4.43. The number of hydrogen-bond donors (Lipinski definition) is 2. The summed E-state index contributed by atoms with van der Waals surface area (Å²) in [6.45, 7) is 3.43. The Bertz CT molecular complexity index is 369. The van der Waals surface area contributed by atoms with Gasteiger partial charge in [0.1, 0.15) is 0 Å². The van der Waals surface area contributed by atoms with E-state index in [1.165, 1.54) is 31.5 Å². The summed E-state index contributed by atoms with van der Waals surface area (Å²) in [6.07, 6.45) is 2.62. The van der Waals surface area contributed by atoms with Crippen LogP contribution in [-0.4, -0.2) is 30.4 Å². The number of likely N-dealkylation sites (tertiary alicyclic amines) is 1. The van der Waals surface area contributed by atoms with Crippen molar-refractivity contribution in [3.8, 4) is 0 Å². The van der Waals surface area contributed by atoms with Gasteiger partial charge in [0.25, 0.3) is 0 Å². The summed E-state index contributed by atoms with van der Waals surface area (Å²) in [7, 11) is 0. The van der Waals surface area contributed by atoms with E-state index in [0.29, 0.717) is 0 Å². The molecule has 0 unspecified atom stereocenters. The number of hydrogen-bond acceptors (Lipinski definition) is 3. The third-order valence-corrected chi connectivity index (χ3v) is 3.03. The predicted octanol–water partition coefficient (Wildman–Crippen LogP) is 1.18. The first-order valence-corrected chi connectivity index (χ1v) is 6.09. The molecule has 1 amide bonds. The maximum atomic E-state index is 11.1. The number of rotatable bonds is 4. The minimum Gasteiger partial charge on any atom is -0.325 e. The average Bonchev–Trinajstić information content (AvgIpc) is 2.84. The van der Waals surface area contributed by atoms with Gasteiger partial charge in [-0.2, -0.15) is 0 Å². The molecule has 0 radical (unpaired) electrons. The third kappa shape index (κ3) is 3.54. The highest BCUT2D eigenvalue weighted by atomic mass is 16.1. The molecule has 1 saturated heterocycles. The van der Waals surface area contributed by atoms with Gasteiger partial charge in [0, 0.05) is 12.2 Å². The van der Waals surface area contributed by atoms with Crippen molar-refractivity contribution >= 4 is 11.6 Å². The van der Waals surface area contributed by atoms with Crippen LogP contribution in [0.1, 0.15) is 18.4 Å². The van der Waals surface area contributed by atoms with E-state index in [-0.39, 0.29) is 12.5 Å². The predicted molar refractivity (Wildman–Crippen MR) is 68.6 cm³/mol. The average molecular weight is 233 g/mol. The van der Waals surface area contributed by atoms with Crippen molar-refractivity contribution in [2.45, 2.75) is 19.4 Å². The van der Waals surface area contributed by atoms with E-state index < -0.39 is 0 Å². The van der Waals surface area contributed by atoms with E-state index in [1.807, 2.05) is 12.1 Å². The van der Waals surface area contributed by atoms with Crippen LogP contribution in [0.25, 0.3) is 0 Å². The first kappa shape index (κ1) is 12.1. The topological polar surface area (TPSA) is 58.4 Å². The van der Waals surface area contributed by atoms with Gasteiger partial charge in [0.15, 0.2) is 0 Å². The summed E-state index contributed by atoms with van der Waals surface area (Å²) in [5.74, 6) is -0.155. The molecule has 1 aliphatic rings. The molecule has 1 heterocycles. The molecule has 3 N–H and O–H groups in total. The number of carbonyl (C=O) groups is 1. The van der Waals surface area contributed by atoms with Crippen LogP contribution in [0, 0.1) is 0 Å². The Hall–Kier alpha value is -1.39. The van der Waals surface area contributed by atoms with Crippen LogP contribution < -0.4 is 11.1 Å². The van der Waals surface area contributed by atoms with Crippen LogP contribution >= 0.6 is 0 Å². The van der Waals surface area contributed by atoms with Gasteiger partial charge in [0.05, 0.1) is 6.54 Å². The molecule has 0 spiro atoms. The molecule has 0 saturated carbocycles. The molecule has 2 rings (SSSR count). The summed E-state index contributed by atoms with van der Waals surface area (Å²) in [4.78, 5) is 13.6. The lowest BCUT2D eigenvalue weighted by molar-refractivity contribution is -0.114. The number of benzene rings is 1. The van der Waals surface area contributed by atoms with E-state index in [1.54, 1.807) is 0 Å². The Morgan fingerprint density at radius 1 is 1.24 bits per heavy atom. The lowest BCUT2D eigenvalue weighted by Crippen LogP contribution is -2.22. The quantitative estimate of drug-likeness (QED) is 0.821. The van der Waals surface area contributed by atoms with Gasteiger partial charge >= 0.3 is 0 Å². The van der Waals surface area contributed by atoms with Crippen LogP contribution in [-0.2, 0) is 11.3 Å². The molecular formula is C13H19N3O. The summed E-state index contributed by atoms with van der Waals surface area (Å²) in [6, 6.07) is 7.98. The molecule has 4 nitrogen and oxygen atoms in total. The number of nitrogens with zero attached hydrogens (tertiary/aromatic N) is 1. The number of amides is 1. The van der Waals surface area contributed by atoms with Crippen LogP contribution in [0.4, 0.5) is 5.69 Å². The molecule has 1 aromatic rings. The molecule has 0 bridgehead atoms. The second-order valence-corrected chi connectivity index (χ2v) is 4.43. The third-order valence-electron chi connectivity index (χ3n) is 3.03. The van der Waals surface area contributed by atoms with Crippen molar-refractivity contribution in [1.82, 2.24) is 4.90 Å². The molecule has 1 aromatic carbocycles. The lowest BCUT2D eigenvalue weighted by Gasteiger charge is -2.14. The van der Waals surface area contributed by atoms with Gasteiger partial charge < -0.3 is 11.1 Å². The van der Waals surface area contributed by atoms with Gasteiger partial charge in [-0.15, -0.1) is 0 Å². The normalized spacial score (nSPS) is 16.1. The highest BCUT2D eigenvalue weighted by molar-refractivity contribution is 5.92. The molecule has 0 atom stereocenters. The fraction of sp³-hybridized carbons (Fsp3) is 0.462. The molecule has 0 aromatic heterocycles. The van der Waals surface area contributed by atoms with Crippen molar-refractivity contribution in [3.05, 3.63) is 29.8 Å². The number of nitrogens with two attached hydrogens (primary N) is 1. The monoisotopic (exact) mass is 233 g/mol. The Kier molecular flexibility index (Phi) is 4.12. The summed E-state index contributed by atoms with van der Waals surface area (Å²) >= 11 is 0. The van der Waals surface area contributed by atoms with E-state index >= 15 is 0 Å². The zero-order chi connectivity index (χ0) is 12.1.